The summed E-state index contributed by atoms with van der Waals surface area (Å²) in [5.74, 6) is -1.63. The normalized spacial score (nSPS) is 10.8. The third-order valence-electron chi connectivity index (χ3n) is 2.58. The number of nitrogens with one attached hydrogen (secondary N) is 2. The molecule has 2 aromatic rings. The van der Waals surface area contributed by atoms with Crippen LogP contribution in [0.15, 0.2) is 39.0 Å². The number of amides is 2. The Balaban J connectivity index is 2.65. The van der Waals surface area contributed by atoms with Crippen LogP contribution >= 0.6 is 0 Å². The quantitative estimate of drug-likeness (QED) is 0.442. The number of H-pyrrole nitrogens is 1. The molecular formula is C12H10FN5O4. The monoisotopic (exact) mass is 307 g/mol. The number of carbonyl (C=O) groups is 1. The van der Waals surface area contributed by atoms with E-state index in [1.165, 1.54) is 18.2 Å². The molecule has 0 bridgehead atoms. The Morgan fingerprint density at radius 1 is 1.41 bits per heavy atom. The van der Waals surface area contributed by atoms with Crippen LogP contribution in [0.1, 0.15) is 5.56 Å². The molecule has 1 heterocycles. The van der Waals surface area contributed by atoms with E-state index in [0.717, 1.165) is 12.3 Å². The van der Waals surface area contributed by atoms with Crippen molar-refractivity contribution >= 4 is 12.2 Å². The number of urea groups is 1. The summed E-state index contributed by atoms with van der Waals surface area (Å²) in [5.41, 5.74) is 3.87. The number of primary amides is 1. The van der Waals surface area contributed by atoms with Crippen molar-refractivity contribution in [2.75, 3.05) is 0 Å². The molecule has 0 aliphatic carbocycles. The molecule has 0 fully saturated rings. The Morgan fingerprint density at radius 2 is 2.09 bits per heavy atom. The largest absolute Gasteiger partial charge is 0.493 e. The maximum Gasteiger partial charge on any atom is 0.335 e. The number of nitrogens with zero attached hydrogens (tertiary/aromatic N) is 2. The molecule has 0 radical (unpaired) electrons. The second kappa shape index (κ2) is 5.91. The van der Waals surface area contributed by atoms with Gasteiger partial charge in [0.25, 0.3) is 5.56 Å². The number of benzene rings is 1. The minimum absolute atomic E-state index is 0.265. The molecule has 0 atom stereocenters. The number of hydrogen-bond acceptors (Lipinski definition) is 5. The Morgan fingerprint density at radius 3 is 2.73 bits per heavy atom. The van der Waals surface area contributed by atoms with Gasteiger partial charge in [0.1, 0.15) is 11.4 Å². The number of carbonyl (C=O) groups excluding carboxylic acids is 1. The van der Waals surface area contributed by atoms with Crippen LogP contribution in [0.5, 0.6) is 5.88 Å². The summed E-state index contributed by atoms with van der Waals surface area (Å²) in [5, 5.41) is 13.3. The van der Waals surface area contributed by atoms with Crippen molar-refractivity contribution in [1.29, 1.82) is 0 Å². The lowest BCUT2D eigenvalue weighted by Gasteiger charge is -2.10. The molecular weight excluding hydrogens is 297 g/mol. The van der Waals surface area contributed by atoms with Crippen LogP contribution in [0.2, 0.25) is 0 Å². The lowest BCUT2D eigenvalue weighted by Crippen LogP contribution is -2.32. The third kappa shape index (κ3) is 2.85. The minimum Gasteiger partial charge on any atom is -0.493 e. The highest BCUT2D eigenvalue weighted by Crippen LogP contribution is 2.17. The van der Waals surface area contributed by atoms with E-state index in [-0.39, 0.29) is 5.69 Å². The number of rotatable bonds is 3. The highest BCUT2D eigenvalue weighted by Gasteiger charge is 2.16. The molecule has 0 aliphatic rings. The number of aromatic hydroxyl groups is 1. The van der Waals surface area contributed by atoms with Crippen molar-refractivity contribution in [2.24, 2.45) is 10.8 Å². The summed E-state index contributed by atoms with van der Waals surface area (Å²) in [4.78, 5) is 35.8. The summed E-state index contributed by atoms with van der Waals surface area (Å²) in [7, 11) is 0. The summed E-state index contributed by atoms with van der Waals surface area (Å²) in [6.45, 7) is 0. The Hall–Kier alpha value is -3.43. The first-order valence-corrected chi connectivity index (χ1v) is 5.83. The molecule has 0 saturated carbocycles. The highest BCUT2D eigenvalue weighted by atomic mass is 19.1. The van der Waals surface area contributed by atoms with Crippen molar-refractivity contribution in [2.45, 2.75) is 0 Å². The maximum absolute atomic E-state index is 13.8. The minimum atomic E-state index is -1.03. The van der Waals surface area contributed by atoms with E-state index in [2.05, 4.69) is 5.10 Å². The lowest BCUT2D eigenvalue weighted by molar-refractivity contribution is 0.249. The third-order valence-corrected chi connectivity index (χ3v) is 2.58. The number of halogens is 1. The zero-order valence-electron chi connectivity index (χ0n) is 10.9. The molecule has 9 nitrogen and oxygen atoms in total. The second-order valence-corrected chi connectivity index (χ2v) is 4.02. The zero-order chi connectivity index (χ0) is 16.3. The van der Waals surface area contributed by atoms with Gasteiger partial charge >= 0.3 is 11.7 Å². The topological polar surface area (TPSA) is 143 Å². The summed E-state index contributed by atoms with van der Waals surface area (Å²) >= 11 is 0. The molecule has 114 valence electrons. The molecule has 0 saturated heterocycles. The molecule has 2 amide bonds. The van der Waals surface area contributed by atoms with E-state index >= 15 is 0 Å². The standard InChI is InChI=1S/C12H10FN5O4/c13-7-3-1-2-4-8(7)18-10(20)6(5-15-17-11(14)21)9(19)16-12(18)22/h1-5,20H,(H3,14,17,21)(H,16,19,22). The van der Waals surface area contributed by atoms with Crippen molar-refractivity contribution in [3.8, 4) is 11.6 Å². The van der Waals surface area contributed by atoms with Crippen LogP contribution < -0.4 is 22.4 Å². The molecule has 1 aromatic heterocycles. The van der Waals surface area contributed by atoms with Crippen LogP contribution in [0.4, 0.5) is 9.18 Å². The average molecular weight is 307 g/mol. The molecule has 22 heavy (non-hydrogen) atoms. The van der Waals surface area contributed by atoms with Gasteiger partial charge in [-0.2, -0.15) is 5.10 Å². The number of aromatic nitrogens is 2. The van der Waals surface area contributed by atoms with E-state index in [4.69, 9.17) is 5.73 Å². The van der Waals surface area contributed by atoms with Crippen LogP contribution in [0, 0.1) is 5.82 Å². The molecule has 0 aliphatic heterocycles. The smallest absolute Gasteiger partial charge is 0.335 e. The van der Waals surface area contributed by atoms with Gasteiger partial charge in [0.15, 0.2) is 0 Å². The van der Waals surface area contributed by atoms with E-state index in [1.807, 2.05) is 10.4 Å². The number of hydrazone groups is 1. The Bertz CT molecular complexity index is 871. The van der Waals surface area contributed by atoms with E-state index in [1.54, 1.807) is 0 Å². The second-order valence-electron chi connectivity index (χ2n) is 4.02. The first-order chi connectivity index (χ1) is 10.4. The SMILES string of the molecule is NC(=O)NN=Cc1c(O)n(-c2ccccc2F)c(=O)[nH]c1=O. The first-order valence-electron chi connectivity index (χ1n) is 5.83. The van der Waals surface area contributed by atoms with Gasteiger partial charge in [0.05, 0.1) is 11.9 Å². The zero-order valence-corrected chi connectivity index (χ0v) is 10.9. The van der Waals surface area contributed by atoms with Gasteiger partial charge in [0.2, 0.25) is 5.88 Å². The Kier molecular flexibility index (Phi) is 4.02. The van der Waals surface area contributed by atoms with Crippen LogP contribution in [-0.4, -0.2) is 26.9 Å². The van der Waals surface area contributed by atoms with Crippen molar-refractivity contribution < 1.29 is 14.3 Å². The highest BCUT2D eigenvalue weighted by molar-refractivity contribution is 5.83. The fraction of sp³-hybridized carbons (Fsp3) is 0. The fourth-order valence-electron chi connectivity index (χ4n) is 1.67. The van der Waals surface area contributed by atoms with Crippen LogP contribution in [0.25, 0.3) is 5.69 Å². The average Bonchev–Trinajstić information content (AvgIpc) is 2.44. The van der Waals surface area contributed by atoms with E-state index < -0.39 is 34.5 Å². The summed E-state index contributed by atoms with van der Waals surface area (Å²) in [6, 6.07) is 4.16. The van der Waals surface area contributed by atoms with Gasteiger partial charge in [-0.15, -0.1) is 0 Å². The molecule has 5 N–H and O–H groups in total. The van der Waals surface area contributed by atoms with Gasteiger partial charge in [-0.25, -0.2) is 24.0 Å². The number of aromatic amines is 1. The van der Waals surface area contributed by atoms with E-state index in [0.29, 0.717) is 4.57 Å². The number of nitrogens with two attached hydrogens (primary N) is 1. The van der Waals surface area contributed by atoms with Gasteiger partial charge in [-0.1, -0.05) is 12.1 Å². The predicted molar refractivity (Wildman–Crippen MR) is 74.6 cm³/mol. The van der Waals surface area contributed by atoms with Crippen LogP contribution in [-0.2, 0) is 0 Å². The fourth-order valence-corrected chi connectivity index (χ4v) is 1.67. The van der Waals surface area contributed by atoms with Gasteiger partial charge in [0, 0.05) is 0 Å². The number of hydrogen-bond donors (Lipinski definition) is 4. The van der Waals surface area contributed by atoms with Crippen LogP contribution in [0.3, 0.4) is 0 Å². The lowest BCUT2D eigenvalue weighted by atomic mass is 10.2. The Labute approximate surface area is 121 Å². The van der Waals surface area contributed by atoms with Gasteiger partial charge in [-0.05, 0) is 12.1 Å². The van der Waals surface area contributed by atoms with E-state index in [9.17, 15) is 23.9 Å². The van der Waals surface area contributed by atoms with Crippen molar-refractivity contribution in [3.05, 3.63) is 56.5 Å². The molecule has 10 heteroatoms. The molecule has 2 rings (SSSR count). The summed E-state index contributed by atoms with van der Waals surface area (Å²) in [6.07, 6.45) is 0.774. The maximum atomic E-state index is 13.8. The molecule has 0 unspecified atom stereocenters. The predicted octanol–water partition coefficient (Wildman–Crippen LogP) is -0.627. The molecule has 0 spiro atoms. The number of para-hydroxylation sites is 1. The van der Waals surface area contributed by atoms with Gasteiger partial charge in [-0.3, -0.25) is 9.78 Å². The summed E-state index contributed by atoms with van der Waals surface area (Å²) < 4.78 is 14.3. The first kappa shape index (κ1) is 15.0. The molecule has 1 aromatic carbocycles. The van der Waals surface area contributed by atoms with Gasteiger partial charge < -0.3 is 10.8 Å². The van der Waals surface area contributed by atoms with Crippen molar-refractivity contribution in [3.63, 3.8) is 0 Å². The van der Waals surface area contributed by atoms with Crippen molar-refractivity contribution in [1.82, 2.24) is 15.0 Å².